The van der Waals surface area contributed by atoms with Gasteiger partial charge in [-0.2, -0.15) is 0 Å². The Kier molecular flexibility index (Phi) is 8.11. The van der Waals surface area contributed by atoms with E-state index in [4.69, 9.17) is 9.47 Å². The van der Waals surface area contributed by atoms with Crippen molar-refractivity contribution < 1.29 is 14.3 Å². The second-order valence-electron chi connectivity index (χ2n) is 7.72. The van der Waals surface area contributed by atoms with Gasteiger partial charge in [-0.05, 0) is 42.3 Å². The molecule has 1 aliphatic heterocycles. The van der Waals surface area contributed by atoms with Gasteiger partial charge in [0.25, 0.3) is 0 Å². The molecule has 1 saturated heterocycles. The van der Waals surface area contributed by atoms with E-state index in [2.05, 4.69) is 41.4 Å². The Bertz CT molecular complexity index is 819. The van der Waals surface area contributed by atoms with E-state index >= 15 is 0 Å². The Morgan fingerprint density at radius 3 is 2.53 bits per heavy atom. The first kappa shape index (κ1) is 22.1. The highest BCUT2D eigenvalue weighted by atomic mass is 16.5. The third-order valence-electron chi connectivity index (χ3n) is 5.60. The number of rotatable bonds is 9. The minimum atomic E-state index is 0.164. The summed E-state index contributed by atoms with van der Waals surface area (Å²) in [5, 5.41) is 3.56. The highest BCUT2D eigenvalue weighted by molar-refractivity contribution is 5.73. The molecule has 0 saturated carbocycles. The van der Waals surface area contributed by atoms with Crippen LogP contribution in [-0.2, 0) is 11.3 Å². The van der Waals surface area contributed by atoms with Gasteiger partial charge in [-0.25, -0.2) is 0 Å². The molecule has 0 unspecified atom stereocenters. The summed E-state index contributed by atoms with van der Waals surface area (Å²) in [7, 11) is 1.69. The van der Waals surface area contributed by atoms with E-state index in [-0.39, 0.29) is 11.9 Å². The van der Waals surface area contributed by atoms with Crippen LogP contribution >= 0.6 is 0 Å². The van der Waals surface area contributed by atoms with Crippen molar-refractivity contribution in [1.29, 1.82) is 0 Å². The first-order chi connectivity index (χ1) is 14.5. The van der Waals surface area contributed by atoms with Gasteiger partial charge in [-0.15, -0.1) is 0 Å². The van der Waals surface area contributed by atoms with E-state index < -0.39 is 0 Å². The van der Waals surface area contributed by atoms with Crippen LogP contribution in [0.3, 0.4) is 0 Å². The molecule has 0 bridgehead atoms. The van der Waals surface area contributed by atoms with Crippen molar-refractivity contribution in [3.05, 3.63) is 59.7 Å². The Balaban J connectivity index is 1.42. The number of amides is 1. The van der Waals surface area contributed by atoms with Gasteiger partial charge in [0.1, 0.15) is 18.1 Å². The van der Waals surface area contributed by atoms with Crippen molar-refractivity contribution >= 4 is 5.91 Å². The van der Waals surface area contributed by atoms with Gasteiger partial charge in [-0.1, -0.05) is 24.3 Å². The Morgan fingerprint density at radius 2 is 1.80 bits per heavy atom. The Hall–Kier alpha value is -2.57. The van der Waals surface area contributed by atoms with Crippen LogP contribution in [0.4, 0.5) is 0 Å². The molecule has 162 valence electrons. The zero-order valence-electron chi connectivity index (χ0n) is 18.3. The number of hydrogen-bond donors (Lipinski definition) is 1. The van der Waals surface area contributed by atoms with Gasteiger partial charge in [0.2, 0.25) is 5.91 Å². The number of nitrogens with one attached hydrogen (secondary N) is 1. The second kappa shape index (κ2) is 11.0. The topological polar surface area (TPSA) is 54.0 Å². The molecule has 0 spiro atoms. The molecule has 1 N–H and O–H groups in total. The first-order valence-electron chi connectivity index (χ1n) is 10.6. The van der Waals surface area contributed by atoms with E-state index in [0.29, 0.717) is 6.61 Å². The lowest BCUT2D eigenvalue weighted by Crippen LogP contribution is -2.48. The average Bonchev–Trinajstić information content (AvgIpc) is 2.78. The van der Waals surface area contributed by atoms with Crippen molar-refractivity contribution in [1.82, 2.24) is 15.1 Å². The maximum Gasteiger partial charge on any atom is 0.219 e. The molecular weight excluding hydrogens is 378 g/mol. The van der Waals surface area contributed by atoms with Gasteiger partial charge in [0.05, 0.1) is 7.11 Å². The SMILES string of the molecule is COc1cccc([C@H](C)NCc2cccc(OCCN3CCN(C(C)=O)CC3)c2)c1. The van der Waals surface area contributed by atoms with Crippen LogP contribution in [0.5, 0.6) is 11.5 Å². The molecular formula is C24H33N3O3. The molecule has 0 aliphatic carbocycles. The van der Waals surface area contributed by atoms with Crippen LogP contribution in [0.15, 0.2) is 48.5 Å². The monoisotopic (exact) mass is 411 g/mol. The summed E-state index contributed by atoms with van der Waals surface area (Å²) in [5.41, 5.74) is 2.39. The Morgan fingerprint density at radius 1 is 1.07 bits per heavy atom. The van der Waals surface area contributed by atoms with Crippen LogP contribution in [-0.4, -0.2) is 62.1 Å². The molecule has 1 fully saturated rings. The van der Waals surface area contributed by atoms with Crippen LogP contribution < -0.4 is 14.8 Å². The number of benzene rings is 2. The molecule has 3 rings (SSSR count). The predicted molar refractivity (Wildman–Crippen MR) is 119 cm³/mol. The molecule has 2 aromatic carbocycles. The van der Waals surface area contributed by atoms with E-state index in [1.54, 1.807) is 14.0 Å². The average molecular weight is 412 g/mol. The van der Waals surface area contributed by atoms with Crippen molar-refractivity contribution in [2.75, 3.05) is 46.4 Å². The van der Waals surface area contributed by atoms with Crippen LogP contribution in [0.1, 0.15) is 31.0 Å². The molecule has 6 heteroatoms. The van der Waals surface area contributed by atoms with Crippen molar-refractivity contribution in [2.45, 2.75) is 26.4 Å². The zero-order chi connectivity index (χ0) is 21.3. The fourth-order valence-electron chi connectivity index (χ4n) is 3.62. The van der Waals surface area contributed by atoms with E-state index in [0.717, 1.165) is 50.8 Å². The third-order valence-corrected chi connectivity index (χ3v) is 5.60. The molecule has 30 heavy (non-hydrogen) atoms. The zero-order valence-corrected chi connectivity index (χ0v) is 18.3. The van der Waals surface area contributed by atoms with Gasteiger partial charge >= 0.3 is 0 Å². The molecule has 1 aliphatic rings. The van der Waals surface area contributed by atoms with Crippen LogP contribution in [0, 0.1) is 0 Å². The quantitative estimate of drug-likeness (QED) is 0.687. The number of methoxy groups -OCH3 is 1. The molecule has 1 atom stereocenters. The van der Waals surface area contributed by atoms with Gasteiger partial charge in [0, 0.05) is 52.2 Å². The smallest absolute Gasteiger partial charge is 0.219 e. The summed E-state index contributed by atoms with van der Waals surface area (Å²) in [5.74, 6) is 1.93. The van der Waals surface area contributed by atoms with Gasteiger partial charge < -0.3 is 19.7 Å². The highest BCUT2D eigenvalue weighted by Crippen LogP contribution is 2.20. The van der Waals surface area contributed by atoms with E-state index in [9.17, 15) is 4.79 Å². The number of carbonyl (C=O) groups is 1. The van der Waals surface area contributed by atoms with Gasteiger partial charge in [0.15, 0.2) is 0 Å². The molecule has 0 aromatic heterocycles. The summed E-state index contributed by atoms with van der Waals surface area (Å²) in [4.78, 5) is 15.7. The largest absolute Gasteiger partial charge is 0.497 e. The normalized spacial score (nSPS) is 15.6. The number of piperazine rings is 1. The summed E-state index contributed by atoms with van der Waals surface area (Å²) < 4.78 is 11.3. The summed E-state index contributed by atoms with van der Waals surface area (Å²) in [6.45, 7) is 9.52. The summed E-state index contributed by atoms with van der Waals surface area (Å²) >= 11 is 0. The molecule has 1 heterocycles. The fourth-order valence-corrected chi connectivity index (χ4v) is 3.62. The lowest BCUT2D eigenvalue weighted by molar-refractivity contribution is -0.130. The Labute approximate surface area is 179 Å². The molecule has 6 nitrogen and oxygen atoms in total. The molecule has 1 amide bonds. The minimum absolute atomic E-state index is 0.164. The van der Waals surface area contributed by atoms with Gasteiger partial charge in [-0.3, -0.25) is 9.69 Å². The van der Waals surface area contributed by atoms with E-state index in [1.807, 2.05) is 29.2 Å². The number of carbonyl (C=O) groups excluding carboxylic acids is 1. The van der Waals surface area contributed by atoms with Crippen molar-refractivity contribution in [2.24, 2.45) is 0 Å². The van der Waals surface area contributed by atoms with Crippen LogP contribution in [0.25, 0.3) is 0 Å². The maximum atomic E-state index is 11.4. The summed E-state index contributed by atoms with van der Waals surface area (Å²) in [6.07, 6.45) is 0. The van der Waals surface area contributed by atoms with Crippen molar-refractivity contribution in [3.63, 3.8) is 0 Å². The lowest BCUT2D eigenvalue weighted by atomic mass is 10.1. The van der Waals surface area contributed by atoms with Crippen LogP contribution in [0.2, 0.25) is 0 Å². The van der Waals surface area contributed by atoms with Crippen molar-refractivity contribution in [3.8, 4) is 11.5 Å². The predicted octanol–water partition coefficient (Wildman–Crippen LogP) is 3.09. The standard InChI is InChI=1S/C24H33N3O3/c1-19(22-7-5-8-23(17-22)29-3)25-18-21-6-4-9-24(16-21)30-15-14-26-10-12-27(13-11-26)20(2)28/h4-9,16-17,19,25H,10-15,18H2,1-3H3/t19-/m0/s1. The fraction of sp³-hybridized carbons (Fsp3) is 0.458. The maximum absolute atomic E-state index is 11.4. The van der Waals surface area contributed by atoms with E-state index in [1.165, 1.54) is 11.1 Å². The lowest BCUT2D eigenvalue weighted by Gasteiger charge is -2.34. The third kappa shape index (κ3) is 6.47. The minimum Gasteiger partial charge on any atom is -0.497 e. The molecule has 2 aromatic rings. The second-order valence-corrected chi connectivity index (χ2v) is 7.72. The number of nitrogens with zero attached hydrogens (tertiary/aromatic N) is 2. The first-order valence-corrected chi connectivity index (χ1v) is 10.6. The summed E-state index contributed by atoms with van der Waals surface area (Å²) in [6, 6.07) is 16.6. The molecule has 0 radical (unpaired) electrons. The number of hydrogen-bond acceptors (Lipinski definition) is 5. The highest BCUT2D eigenvalue weighted by Gasteiger charge is 2.18. The number of ether oxygens (including phenoxy) is 2.